The maximum atomic E-state index is 14.6. The summed E-state index contributed by atoms with van der Waals surface area (Å²) < 4.78 is 20.0. The highest BCUT2D eigenvalue weighted by Gasteiger charge is 2.46. The molecule has 2 aromatic rings. The summed E-state index contributed by atoms with van der Waals surface area (Å²) in [6, 6.07) is 2.26. The number of amidine groups is 1. The minimum atomic E-state index is -0.984. The van der Waals surface area contributed by atoms with Crippen molar-refractivity contribution in [2.45, 2.75) is 38.3 Å². The monoisotopic (exact) mass is 628 g/mol. The van der Waals surface area contributed by atoms with Crippen molar-refractivity contribution in [1.29, 1.82) is 0 Å². The second-order valence-electron chi connectivity index (χ2n) is 10.7. The van der Waals surface area contributed by atoms with Crippen LogP contribution >= 0.6 is 22.9 Å². The van der Waals surface area contributed by atoms with E-state index in [0.29, 0.717) is 40.9 Å². The Morgan fingerprint density at radius 1 is 1.30 bits per heavy atom. The summed E-state index contributed by atoms with van der Waals surface area (Å²) >= 11 is 7.76. The molecule has 43 heavy (non-hydrogen) atoms. The number of amides is 2. The van der Waals surface area contributed by atoms with Crippen molar-refractivity contribution in [3.8, 4) is 0 Å². The van der Waals surface area contributed by atoms with Crippen LogP contribution in [0, 0.1) is 11.7 Å². The van der Waals surface area contributed by atoms with Gasteiger partial charge in [0.15, 0.2) is 10.8 Å². The van der Waals surface area contributed by atoms with E-state index in [9.17, 15) is 23.9 Å². The number of thiazole rings is 1. The first-order chi connectivity index (χ1) is 20.8. The Bertz CT molecular complexity index is 1540. The van der Waals surface area contributed by atoms with Crippen LogP contribution in [-0.4, -0.2) is 87.4 Å². The van der Waals surface area contributed by atoms with Crippen molar-refractivity contribution in [1.82, 2.24) is 25.0 Å². The molecule has 0 spiro atoms. The Morgan fingerprint density at radius 2 is 2.12 bits per heavy atom. The van der Waals surface area contributed by atoms with Crippen LogP contribution in [0.2, 0.25) is 5.02 Å². The third kappa shape index (κ3) is 5.47. The Labute approximate surface area is 256 Å². The number of halogens is 2. The summed E-state index contributed by atoms with van der Waals surface area (Å²) in [4.78, 5) is 53.0. The highest BCUT2D eigenvalue weighted by molar-refractivity contribution is 7.11. The van der Waals surface area contributed by atoms with Gasteiger partial charge in [-0.15, -0.1) is 11.3 Å². The summed E-state index contributed by atoms with van der Waals surface area (Å²) in [5.74, 6) is -1.87. The number of fused-ring (bicyclic) bond motifs is 1. The molecule has 226 valence electrons. The highest BCUT2D eigenvalue weighted by atomic mass is 35.5. The molecule has 4 aliphatic rings. The second kappa shape index (κ2) is 12.0. The molecule has 11 nitrogen and oxygen atoms in total. The average molecular weight is 629 g/mol. The molecule has 1 aliphatic carbocycles. The van der Waals surface area contributed by atoms with E-state index < -0.39 is 29.8 Å². The molecule has 0 bridgehead atoms. The van der Waals surface area contributed by atoms with E-state index in [2.05, 4.69) is 10.3 Å². The molecule has 1 saturated heterocycles. The van der Waals surface area contributed by atoms with Crippen LogP contribution in [0.15, 0.2) is 57.9 Å². The zero-order valence-corrected chi connectivity index (χ0v) is 24.9. The minimum absolute atomic E-state index is 0.0432. The highest BCUT2D eigenvalue weighted by Crippen LogP contribution is 2.39. The Kier molecular flexibility index (Phi) is 8.10. The summed E-state index contributed by atoms with van der Waals surface area (Å²) in [6.45, 7) is 3.00. The first-order valence-corrected chi connectivity index (χ1v) is 15.4. The minimum Gasteiger partial charge on any atom is -0.480 e. The van der Waals surface area contributed by atoms with Gasteiger partial charge in [0.2, 0.25) is 0 Å². The first kappa shape index (κ1) is 29.1. The number of nitrogens with zero attached hydrogens (tertiary/aromatic N) is 5. The van der Waals surface area contributed by atoms with Gasteiger partial charge in [0.25, 0.3) is 0 Å². The largest absolute Gasteiger partial charge is 0.480 e. The van der Waals surface area contributed by atoms with Crippen molar-refractivity contribution >= 4 is 46.7 Å². The topological polar surface area (TPSA) is 128 Å². The van der Waals surface area contributed by atoms with E-state index in [-0.39, 0.29) is 42.2 Å². The molecule has 4 heterocycles. The van der Waals surface area contributed by atoms with E-state index in [1.54, 1.807) is 29.5 Å². The van der Waals surface area contributed by atoms with E-state index in [0.717, 1.165) is 19.3 Å². The van der Waals surface area contributed by atoms with E-state index in [4.69, 9.17) is 21.3 Å². The van der Waals surface area contributed by atoms with Gasteiger partial charge in [0.1, 0.15) is 17.9 Å². The van der Waals surface area contributed by atoms with Crippen molar-refractivity contribution in [2.75, 3.05) is 32.8 Å². The van der Waals surface area contributed by atoms with Gasteiger partial charge in [-0.1, -0.05) is 30.2 Å². The van der Waals surface area contributed by atoms with Gasteiger partial charge in [-0.2, -0.15) is 0 Å². The quantitative estimate of drug-likeness (QED) is 0.399. The van der Waals surface area contributed by atoms with Crippen LogP contribution in [0.4, 0.5) is 9.18 Å². The number of ether oxygens (including phenoxy) is 1. The second-order valence-corrected chi connectivity index (χ2v) is 12.0. The smallest absolute Gasteiger partial charge is 0.338 e. The van der Waals surface area contributed by atoms with Crippen LogP contribution in [0.3, 0.4) is 0 Å². The number of hydrogen-bond donors (Lipinski definition) is 2. The van der Waals surface area contributed by atoms with Gasteiger partial charge in [-0.3, -0.25) is 9.89 Å². The van der Waals surface area contributed by atoms with Crippen LogP contribution in [0.1, 0.15) is 42.8 Å². The molecule has 3 aliphatic heterocycles. The summed E-state index contributed by atoms with van der Waals surface area (Å²) in [5.41, 5.74) is 1.67. The maximum absolute atomic E-state index is 14.6. The average Bonchev–Trinajstić information content (AvgIpc) is 3.60. The van der Waals surface area contributed by atoms with Gasteiger partial charge >= 0.3 is 18.0 Å². The fraction of sp³-hybridized carbons (Fsp3) is 0.414. The van der Waals surface area contributed by atoms with Crippen LogP contribution in [-0.2, 0) is 14.3 Å². The number of hydrogen-bond acceptors (Lipinski definition) is 9. The molecule has 2 amide bonds. The number of benzene rings is 1. The van der Waals surface area contributed by atoms with Crippen LogP contribution in [0.5, 0.6) is 0 Å². The number of carbonyl (C=O) groups is 3. The number of esters is 1. The molecule has 2 N–H and O–H groups in total. The number of nitrogens with one attached hydrogen (secondary N) is 1. The van der Waals surface area contributed by atoms with E-state index >= 15 is 0 Å². The number of carbonyl (C=O) groups excluding carboxylic acids is 2. The fourth-order valence-corrected chi connectivity index (χ4v) is 6.74. The van der Waals surface area contributed by atoms with Gasteiger partial charge < -0.3 is 25.0 Å². The first-order valence-electron chi connectivity index (χ1n) is 14.1. The SMILES string of the molecule is CCOC(=O)C1=C(CN2C=C3CN(C(C(=O)O)C4CCC4)C(=O)N3CC2)NC(c2nccs2)=NC1c1cccc(F)c1Cl. The molecule has 2 atom stereocenters. The predicted octanol–water partition coefficient (Wildman–Crippen LogP) is 3.99. The zero-order valence-electron chi connectivity index (χ0n) is 23.3. The van der Waals surface area contributed by atoms with Gasteiger partial charge in [-0.05, 0) is 31.7 Å². The van der Waals surface area contributed by atoms with E-state index in [1.807, 2.05) is 11.1 Å². The van der Waals surface area contributed by atoms with Gasteiger partial charge in [0, 0.05) is 42.1 Å². The summed E-state index contributed by atoms with van der Waals surface area (Å²) in [6.07, 6.45) is 6.02. The Hall–Kier alpha value is -3.97. The third-order valence-electron chi connectivity index (χ3n) is 8.18. The molecule has 14 heteroatoms. The predicted molar refractivity (Wildman–Crippen MR) is 157 cm³/mol. The molecule has 2 unspecified atom stereocenters. The standard InChI is InChI=1S/C29H30ClFN6O5S/c1-2-42-28(40)21-20(33-25(26-32-9-12-43-26)34-23(21)18-7-4-8-19(31)22(18)30)15-35-10-11-36-17(13-35)14-37(29(36)41)24(27(38)39)16-5-3-6-16/h4,7-9,12-13,16,23-24H,2-3,5-6,10-11,14-15H2,1H3,(H,33,34)(H,38,39). The number of urea groups is 1. The van der Waals surface area contributed by atoms with Crippen molar-refractivity contribution in [2.24, 2.45) is 10.9 Å². The lowest BCUT2D eigenvalue weighted by atomic mass is 9.79. The normalized spacial score (nSPS) is 21.1. The lowest BCUT2D eigenvalue weighted by molar-refractivity contribution is -0.145. The molecule has 1 saturated carbocycles. The van der Waals surface area contributed by atoms with E-state index in [1.165, 1.54) is 28.4 Å². The Morgan fingerprint density at radius 3 is 2.79 bits per heavy atom. The molecule has 2 fully saturated rings. The number of aliphatic imine (C=N–C) groups is 1. The number of aliphatic carboxylic acids is 1. The van der Waals surface area contributed by atoms with Crippen molar-refractivity contribution in [3.63, 3.8) is 0 Å². The molecular weight excluding hydrogens is 599 g/mol. The molecule has 0 radical (unpaired) electrons. The third-order valence-corrected chi connectivity index (χ3v) is 9.36. The number of carboxylic acid groups (broad SMARTS) is 1. The molecule has 1 aromatic heterocycles. The zero-order chi connectivity index (χ0) is 30.2. The fourth-order valence-electron chi connectivity index (χ4n) is 5.92. The molecule has 6 rings (SSSR count). The Balaban J connectivity index is 1.35. The van der Waals surface area contributed by atoms with Gasteiger partial charge in [-0.25, -0.2) is 23.8 Å². The summed E-state index contributed by atoms with van der Waals surface area (Å²) in [7, 11) is 0. The lowest BCUT2D eigenvalue weighted by Crippen LogP contribution is -2.50. The summed E-state index contributed by atoms with van der Waals surface area (Å²) in [5, 5.41) is 15.4. The number of aromatic nitrogens is 1. The number of rotatable bonds is 9. The lowest BCUT2D eigenvalue weighted by Gasteiger charge is -2.36. The maximum Gasteiger partial charge on any atom is 0.338 e. The van der Waals surface area contributed by atoms with Gasteiger partial charge in [0.05, 0.1) is 36.0 Å². The number of carboxylic acids is 1. The van der Waals surface area contributed by atoms with Crippen molar-refractivity contribution in [3.05, 3.63) is 74.4 Å². The van der Waals surface area contributed by atoms with Crippen LogP contribution < -0.4 is 5.32 Å². The van der Waals surface area contributed by atoms with Crippen molar-refractivity contribution < 1.29 is 28.6 Å². The molecular formula is C29H30ClFN6O5S. The molecule has 1 aromatic carbocycles. The van der Waals surface area contributed by atoms with Crippen LogP contribution in [0.25, 0.3) is 0 Å².